The lowest BCUT2D eigenvalue weighted by Gasteiger charge is -2.28. The number of alkyl halides is 1. The number of aliphatic imine (C=N–C) groups is 1. The van der Waals surface area contributed by atoms with Crippen molar-refractivity contribution in [1.29, 1.82) is 0 Å². The number of hydrogen-bond acceptors (Lipinski definition) is 5. The Labute approximate surface area is 120 Å². The van der Waals surface area contributed by atoms with Gasteiger partial charge in [-0.25, -0.2) is 9.79 Å². The molecule has 1 aromatic carbocycles. The molecular weight excluding hydrogens is 291 g/mol. The molecule has 1 heterocycles. The second kappa shape index (κ2) is 5.38. The third kappa shape index (κ3) is 2.74. The van der Waals surface area contributed by atoms with E-state index in [0.29, 0.717) is 5.56 Å². The van der Waals surface area contributed by atoms with Gasteiger partial charge in [0, 0.05) is 11.8 Å². The van der Waals surface area contributed by atoms with Gasteiger partial charge < -0.3 is 21.9 Å². The molecule has 1 unspecified atom stereocenters. The van der Waals surface area contributed by atoms with Gasteiger partial charge in [0.1, 0.15) is 5.84 Å². The predicted octanol–water partition coefficient (Wildman–Crippen LogP) is 0.916. The third-order valence-corrected chi connectivity index (χ3v) is 2.90. The maximum Gasteiger partial charge on any atom is 0.336 e. The number of rotatable bonds is 2. The molecule has 0 spiro atoms. The fourth-order valence-corrected chi connectivity index (χ4v) is 1.92. The largest absolute Gasteiger partial charge is 0.478 e. The van der Waals surface area contributed by atoms with Crippen LogP contribution in [0.3, 0.4) is 0 Å². The summed E-state index contributed by atoms with van der Waals surface area (Å²) in [5.41, 5.74) is 11.7. The minimum atomic E-state index is -1.46. The van der Waals surface area contributed by atoms with Crippen LogP contribution in [0.2, 0.25) is 0 Å². The van der Waals surface area contributed by atoms with Gasteiger partial charge in [0.2, 0.25) is 5.12 Å². The van der Waals surface area contributed by atoms with Crippen LogP contribution in [0.25, 0.3) is 0 Å². The Morgan fingerprint density at radius 1 is 1.37 bits per heavy atom. The van der Waals surface area contributed by atoms with Crippen LogP contribution in [0.4, 0.5) is 0 Å². The normalized spacial score (nSPS) is 21.5. The van der Waals surface area contributed by atoms with Crippen molar-refractivity contribution in [2.75, 3.05) is 0 Å². The zero-order chi connectivity index (χ0) is 13.3. The highest BCUT2D eigenvalue weighted by atomic mass is 35.5. The molecule has 1 aliphatic heterocycles. The molecule has 2 rings (SSSR count). The standard InChI is InChI=1S/C11H11ClN4O2.ClH/c12-11(15-5-8(13)9(14)16-11)7-4-2-1-3-6(7)10(17)18;/h1-5,15H,13H2,(H2,14,16)(H,17,18);1H. The Bertz CT molecular complexity index is 574. The van der Waals surface area contributed by atoms with Gasteiger partial charge in [-0.3, -0.25) is 0 Å². The number of amidine groups is 1. The quantitative estimate of drug-likeness (QED) is 0.479. The molecule has 19 heavy (non-hydrogen) atoms. The van der Waals surface area contributed by atoms with E-state index in [1.165, 1.54) is 12.3 Å². The van der Waals surface area contributed by atoms with Crippen LogP contribution in [0.15, 0.2) is 41.2 Å². The van der Waals surface area contributed by atoms with Crippen LogP contribution in [0.5, 0.6) is 0 Å². The van der Waals surface area contributed by atoms with Crippen LogP contribution in [-0.2, 0) is 5.12 Å². The second-order valence-corrected chi connectivity index (χ2v) is 4.26. The van der Waals surface area contributed by atoms with Gasteiger partial charge in [0.05, 0.1) is 11.3 Å². The highest BCUT2D eigenvalue weighted by Gasteiger charge is 2.34. The van der Waals surface area contributed by atoms with Crippen molar-refractivity contribution in [2.45, 2.75) is 5.12 Å². The lowest BCUT2D eigenvalue weighted by Crippen LogP contribution is -2.41. The summed E-state index contributed by atoms with van der Waals surface area (Å²) in [5, 5.41) is 10.4. The van der Waals surface area contributed by atoms with E-state index in [9.17, 15) is 4.79 Å². The van der Waals surface area contributed by atoms with Crippen LogP contribution in [0, 0.1) is 0 Å². The first kappa shape index (κ1) is 15.1. The highest BCUT2D eigenvalue weighted by molar-refractivity contribution is 6.25. The number of hydrogen-bond donors (Lipinski definition) is 4. The SMILES string of the molecule is Cl.NC1=CNC(Cl)(c2ccccc2C(=O)O)N=C1N. The topological polar surface area (TPSA) is 114 Å². The van der Waals surface area contributed by atoms with E-state index < -0.39 is 11.1 Å². The Kier molecular flexibility index (Phi) is 4.28. The first-order chi connectivity index (χ1) is 8.44. The fourth-order valence-electron chi connectivity index (χ4n) is 1.61. The maximum absolute atomic E-state index is 11.1. The molecule has 1 atom stereocenters. The average molecular weight is 303 g/mol. The van der Waals surface area contributed by atoms with Crippen molar-refractivity contribution >= 4 is 35.8 Å². The molecular formula is C11H12Cl2N4O2. The van der Waals surface area contributed by atoms with E-state index in [1.807, 2.05) is 0 Å². The highest BCUT2D eigenvalue weighted by Crippen LogP contribution is 2.32. The predicted molar refractivity (Wildman–Crippen MR) is 75.2 cm³/mol. The number of benzene rings is 1. The molecule has 0 aliphatic carbocycles. The molecule has 0 saturated carbocycles. The molecule has 0 amide bonds. The molecule has 8 heteroatoms. The number of nitrogens with one attached hydrogen (secondary N) is 1. The van der Waals surface area contributed by atoms with E-state index in [4.69, 9.17) is 28.2 Å². The average Bonchev–Trinajstić information content (AvgIpc) is 2.34. The molecule has 0 fully saturated rings. The number of carboxylic acids is 1. The van der Waals surface area contributed by atoms with Gasteiger partial charge in [-0.2, -0.15) is 0 Å². The van der Waals surface area contributed by atoms with Crippen LogP contribution < -0.4 is 16.8 Å². The van der Waals surface area contributed by atoms with Gasteiger partial charge in [0.15, 0.2) is 0 Å². The van der Waals surface area contributed by atoms with Crippen molar-refractivity contribution in [3.05, 3.63) is 47.3 Å². The summed E-state index contributed by atoms with van der Waals surface area (Å²) in [6.45, 7) is 0. The zero-order valence-corrected chi connectivity index (χ0v) is 11.2. The Balaban J connectivity index is 0.00000180. The van der Waals surface area contributed by atoms with Crippen LogP contribution >= 0.6 is 24.0 Å². The molecule has 6 nitrogen and oxygen atoms in total. The summed E-state index contributed by atoms with van der Waals surface area (Å²) in [7, 11) is 0. The van der Waals surface area contributed by atoms with E-state index in [0.717, 1.165) is 0 Å². The van der Waals surface area contributed by atoms with E-state index >= 15 is 0 Å². The molecule has 0 bridgehead atoms. The second-order valence-electron chi connectivity index (χ2n) is 3.71. The van der Waals surface area contributed by atoms with Crippen LogP contribution in [-0.4, -0.2) is 16.9 Å². The Morgan fingerprint density at radius 2 is 2.00 bits per heavy atom. The number of nitrogens with two attached hydrogens (primary N) is 2. The summed E-state index contributed by atoms with van der Waals surface area (Å²) >= 11 is 6.27. The first-order valence-electron chi connectivity index (χ1n) is 5.05. The lowest BCUT2D eigenvalue weighted by atomic mass is 10.0. The fraction of sp³-hybridized carbons (Fsp3) is 0.0909. The van der Waals surface area contributed by atoms with Crippen molar-refractivity contribution in [3.63, 3.8) is 0 Å². The molecule has 1 aliphatic rings. The van der Waals surface area contributed by atoms with Gasteiger partial charge >= 0.3 is 5.97 Å². The monoisotopic (exact) mass is 302 g/mol. The smallest absolute Gasteiger partial charge is 0.336 e. The van der Waals surface area contributed by atoms with Gasteiger partial charge in [0.25, 0.3) is 0 Å². The number of aromatic carboxylic acids is 1. The summed E-state index contributed by atoms with van der Waals surface area (Å²) in [6, 6.07) is 6.28. The van der Waals surface area contributed by atoms with Gasteiger partial charge in [-0.15, -0.1) is 12.4 Å². The van der Waals surface area contributed by atoms with E-state index in [2.05, 4.69) is 10.3 Å². The van der Waals surface area contributed by atoms with Crippen molar-refractivity contribution < 1.29 is 9.90 Å². The van der Waals surface area contributed by atoms with E-state index in [-0.39, 0.29) is 29.5 Å². The summed E-state index contributed by atoms with van der Waals surface area (Å²) < 4.78 is 0. The number of carboxylic acid groups (broad SMARTS) is 1. The van der Waals surface area contributed by atoms with Crippen molar-refractivity contribution in [2.24, 2.45) is 16.5 Å². The zero-order valence-electron chi connectivity index (χ0n) is 9.63. The van der Waals surface area contributed by atoms with Crippen molar-refractivity contribution in [1.82, 2.24) is 5.32 Å². The Morgan fingerprint density at radius 3 is 2.58 bits per heavy atom. The Hall–Kier alpha value is -1.92. The molecule has 0 aromatic heterocycles. The minimum Gasteiger partial charge on any atom is -0.478 e. The number of nitrogens with zero attached hydrogens (tertiary/aromatic N) is 1. The third-order valence-electron chi connectivity index (χ3n) is 2.50. The molecule has 102 valence electrons. The van der Waals surface area contributed by atoms with Gasteiger partial charge in [-0.05, 0) is 6.07 Å². The number of carbonyl (C=O) groups is 1. The summed E-state index contributed by atoms with van der Waals surface area (Å²) in [4.78, 5) is 15.1. The van der Waals surface area contributed by atoms with Crippen LogP contribution in [0.1, 0.15) is 15.9 Å². The molecule has 0 radical (unpaired) electrons. The first-order valence-corrected chi connectivity index (χ1v) is 5.42. The summed E-state index contributed by atoms with van der Waals surface area (Å²) in [6.07, 6.45) is 1.40. The molecule has 0 saturated heterocycles. The lowest BCUT2D eigenvalue weighted by molar-refractivity contribution is 0.0694. The molecule has 6 N–H and O–H groups in total. The molecule has 1 aromatic rings. The van der Waals surface area contributed by atoms with E-state index in [1.54, 1.807) is 18.2 Å². The summed E-state index contributed by atoms with van der Waals surface area (Å²) in [5.74, 6) is -1.03. The van der Waals surface area contributed by atoms with Gasteiger partial charge in [-0.1, -0.05) is 29.8 Å². The maximum atomic E-state index is 11.1. The minimum absolute atomic E-state index is 0. The van der Waals surface area contributed by atoms with Crippen molar-refractivity contribution in [3.8, 4) is 0 Å². The number of halogens is 2.